The molecule has 0 aliphatic carbocycles. The maximum atomic E-state index is 13.9. The van der Waals surface area contributed by atoms with Gasteiger partial charge in [0.2, 0.25) is 0 Å². The average Bonchev–Trinajstić information content (AvgIpc) is 3.07. The number of carbonyl (C=O) groups is 3. The summed E-state index contributed by atoms with van der Waals surface area (Å²) in [6, 6.07) is 27.5. The molecule has 0 saturated carbocycles. The molecule has 0 spiro atoms. The summed E-state index contributed by atoms with van der Waals surface area (Å²) in [7, 11) is 1.35. The summed E-state index contributed by atoms with van der Waals surface area (Å²) < 4.78 is 29.5. The molecule has 5 rings (SSSR count). The van der Waals surface area contributed by atoms with E-state index >= 15 is 0 Å². The summed E-state index contributed by atoms with van der Waals surface area (Å²) in [6.45, 7) is -0.568. The van der Waals surface area contributed by atoms with Gasteiger partial charge in [-0.1, -0.05) is 91.0 Å². The quantitative estimate of drug-likeness (QED) is 0.223. The highest BCUT2D eigenvalue weighted by atomic mass is 16.7. The third kappa shape index (κ3) is 8.25. The fourth-order valence-corrected chi connectivity index (χ4v) is 5.69. The molecule has 0 aromatic heterocycles. The predicted octanol–water partition coefficient (Wildman–Crippen LogP) is 4.47. The van der Waals surface area contributed by atoms with Gasteiger partial charge in [0.25, 0.3) is 0 Å². The highest BCUT2D eigenvalue weighted by Gasteiger charge is 2.53. The van der Waals surface area contributed by atoms with Crippen LogP contribution in [0.3, 0.4) is 0 Å². The molecule has 45 heavy (non-hydrogen) atoms. The molecule has 1 saturated heterocycles. The Bertz CT molecular complexity index is 1430. The van der Waals surface area contributed by atoms with Gasteiger partial charge in [0.15, 0.2) is 24.6 Å². The zero-order valence-electron chi connectivity index (χ0n) is 25.1. The Labute approximate surface area is 262 Å². The number of fused-ring (bicyclic) bond motifs is 1. The molecule has 0 radical (unpaired) electrons. The SMILES string of the molecule is CO[C@H]1O[C@H](CO)[C@@H]2OC(=O)[C@@H](Cc3ccccc3)CC=CC[C@H](Cc3ccccc3)C(=O)O[C@@H]2[C@H]1OC(=O)c1ccccc1. The topological polar surface area (TPSA) is 118 Å². The van der Waals surface area contributed by atoms with Crippen molar-refractivity contribution in [3.8, 4) is 0 Å². The van der Waals surface area contributed by atoms with Crippen LogP contribution in [0.25, 0.3) is 0 Å². The number of hydrogen-bond donors (Lipinski definition) is 1. The fourth-order valence-electron chi connectivity index (χ4n) is 5.69. The van der Waals surface area contributed by atoms with E-state index in [4.69, 9.17) is 23.7 Å². The van der Waals surface area contributed by atoms with Crippen LogP contribution in [0.2, 0.25) is 0 Å². The minimum absolute atomic E-state index is 0.264. The third-order valence-electron chi connectivity index (χ3n) is 8.08. The Hall–Kier alpha value is -4.31. The number of rotatable bonds is 8. The maximum absolute atomic E-state index is 13.9. The number of benzene rings is 3. The van der Waals surface area contributed by atoms with Crippen molar-refractivity contribution in [3.63, 3.8) is 0 Å². The molecular weight excluding hydrogens is 576 g/mol. The Morgan fingerprint density at radius 1 is 0.756 bits per heavy atom. The lowest BCUT2D eigenvalue weighted by molar-refractivity contribution is -0.300. The fraction of sp³-hybridized carbons (Fsp3) is 0.361. The predicted molar refractivity (Wildman–Crippen MR) is 164 cm³/mol. The van der Waals surface area contributed by atoms with Crippen molar-refractivity contribution in [3.05, 3.63) is 120 Å². The second-order valence-corrected chi connectivity index (χ2v) is 11.2. The van der Waals surface area contributed by atoms with Crippen molar-refractivity contribution in [2.75, 3.05) is 13.7 Å². The van der Waals surface area contributed by atoms with E-state index in [0.29, 0.717) is 25.7 Å². The largest absolute Gasteiger partial charge is 0.455 e. The third-order valence-corrected chi connectivity index (χ3v) is 8.08. The van der Waals surface area contributed by atoms with Crippen LogP contribution >= 0.6 is 0 Å². The van der Waals surface area contributed by atoms with Crippen LogP contribution < -0.4 is 0 Å². The van der Waals surface area contributed by atoms with Gasteiger partial charge < -0.3 is 28.8 Å². The average molecular weight is 615 g/mol. The van der Waals surface area contributed by atoms with Crippen molar-refractivity contribution in [1.82, 2.24) is 0 Å². The number of ether oxygens (including phenoxy) is 5. The molecular formula is C36H38O9. The molecule has 9 heteroatoms. The first-order chi connectivity index (χ1) is 22.0. The zero-order valence-corrected chi connectivity index (χ0v) is 25.1. The molecule has 9 nitrogen and oxygen atoms in total. The maximum Gasteiger partial charge on any atom is 0.338 e. The van der Waals surface area contributed by atoms with Gasteiger partial charge in [-0.05, 0) is 48.9 Å². The van der Waals surface area contributed by atoms with E-state index in [1.54, 1.807) is 30.3 Å². The minimum atomic E-state index is -1.33. The van der Waals surface area contributed by atoms with Crippen LogP contribution in [0.4, 0.5) is 0 Å². The van der Waals surface area contributed by atoms with Crippen LogP contribution in [-0.2, 0) is 46.1 Å². The molecule has 3 aromatic rings. The summed E-state index contributed by atoms with van der Waals surface area (Å²) in [5.41, 5.74) is 2.17. The van der Waals surface area contributed by atoms with Crippen LogP contribution in [-0.4, -0.2) is 67.4 Å². The normalized spacial score (nSPS) is 27.2. The van der Waals surface area contributed by atoms with Gasteiger partial charge in [0.05, 0.1) is 24.0 Å². The number of allylic oxidation sites excluding steroid dienone is 2. The van der Waals surface area contributed by atoms with Gasteiger partial charge in [-0.15, -0.1) is 0 Å². The van der Waals surface area contributed by atoms with E-state index in [0.717, 1.165) is 11.1 Å². The first kappa shape index (κ1) is 32.1. The molecule has 236 valence electrons. The van der Waals surface area contributed by atoms with E-state index in [1.165, 1.54) is 7.11 Å². The molecule has 2 aliphatic rings. The van der Waals surface area contributed by atoms with E-state index in [2.05, 4.69) is 0 Å². The van der Waals surface area contributed by atoms with Gasteiger partial charge in [-0.2, -0.15) is 0 Å². The molecule has 2 heterocycles. The second-order valence-electron chi connectivity index (χ2n) is 11.2. The van der Waals surface area contributed by atoms with E-state index < -0.39 is 67.1 Å². The highest BCUT2D eigenvalue weighted by molar-refractivity contribution is 5.89. The van der Waals surface area contributed by atoms with Crippen LogP contribution in [0.15, 0.2) is 103 Å². The van der Waals surface area contributed by atoms with Crippen molar-refractivity contribution in [2.45, 2.75) is 56.4 Å². The van der Waals surface area contributed by atoms with Crippen molar-refractivity contribution in [1.29, 1.82) is 0 Å². The number of methoxy groups -OCH3 is 1. The number of aliphatic hydroxyl groups is 1. The smallest absolute Gasteiger partial charge is 0.338 e. The summed E-state index contributed by atoms with van der Waals surface area (Å²) in [6.07, 6.45) is -0.935. The lowest BCUT2D eigenvalue weighted by Crippen LogP contribution is -2.63. The Kier molecular flexibility index (Phi) is 11.1. The van der Waals surface area contributed by atoms with Crippen LogP contribution in [0.5, 0.6) is 0 Å². The van der Waals surface area contributed by atoms with E-state index in [-0.39, 0.29) is 5.56 Å². The summed E-state index contributed by atoms with van der Waals surface area (Å²) in [4.78, 5) is 40.9. The minimum Gasteiger partial charge on any atom is -0.455 e. The Morgan fingerprint density at radius 2 is 1.24 bits per heavy atom. The van der Waals surface area contributed by atoms with Crippen molar-refractivity contribution >= 4 is 17.9 Å². The van der Waals surface area contributed by atoms with E-state index in [9.17, 15) is 19.5 Å². The molecule has 0 amide bonds. The monoisotopic (exact) mass is 614 g/mol. The second kappa shape index (κ2) is 15.6. The molecule has 2 aliphatic heterocycles. The summed E-state index contributed by atoms with van der Waals surface area (Å²) in [5, 5.41) is 10.3. The molecule has 7 atom stereocenters. The number of aliphatic hydroxyl groups excluding tert-OH is 1. The first-order valence-corrected chi connectivity index (χ1v) is 15.2. The Balaban J connectivity index is 1.52. The summed E-state index contributed by atoms with van der Waals surface area (Å²) in [5.74, 6) is -2.98. The van der Waals surface area contributed by atoms with Gasteiger partial charge in [0.1, 0.15) is 6.10 Å². The zero-order chi connectivity index (χ0) is 31.6. The first-order valence-electron chi connectivity index (χ1n) is 15.2. The van der Waals surface area contributed by atoms with Gasteiger partial charge in [-0.3, -0.25) is 9.59 Å². The van der Waals surface area contributed by atoms with Crippen molar-refractivity contribution in [2.24, 2.45) is 11.8 Å². The lowest BCUT2D eigenvalue weighted by atomic mass is 9.92. The van der Waals surface area contributed by atoms with E-state index in [1.807, 2.05) is 72.8 Å². The molecule has 0 unspecified atom stereocenters. The summed E-state index contributed by atoms with van der Waals surface area (Å²) >= 11 is 0. The molecule has 1 fully saturated rings. The molecule has 1 N–H and O–H groups in total. The Morgan fingerprint density at radius 3 is 1.73 bits per heavy atom. The standard InChI is InChI=1S/C36H38O9/c1-41-36-32(45-33(38)26-17-9-4-10-18-26)31-30(29(23-37)42-36)43-34(39)27(21-24-13-5-2-6-14-24)19-11-12-20-28(35(40)44-31)22-25-15-7-3-8-16-25/h2-18,27-32,36-37H,19-23H2,1H3/t27-,28-,29-,30+,31+,32-,36+/m1/s1. The molecule has 3 aromatic carbocycles. The van der Waals surface area contributed by atoms with Gasteiger partial charge in [0, 0.05) is 7.11 Å². The number of hydrogen-bond acceptors (Lipinski definition) is 9. The lowest BCUT2D eigenvalue weighted by Gasteiger charge is -2.44. The molecule has 0 bridgehead atoms. The number of carbonyl (C=O) groups excluding carboxylic acids is 3. The van der Waals surface area contributed by atoms with Gasteiger partial charge in [-0.25, -0.2) is 4.79 Å². The highest BCUT2D eigenvalue weighted by Crippen LogP contribution is 2.32. The van der Waals surface area contributed by atoms with Crippen LogP contribution in [0.1, 0.15) is 34.3 Å². The van der Waals surface area contributed by atoms with Crippen LogP contribution in [0, 0.1) is 11.8 Å². The van der Waals surface area contributed by atoms with Crippen molar-refractivity contribution < 1.29 is 43.2 Å². The van der Waals surface area contributed by atoms with Gasteiger partial charge >= 0.3 is 17.9 Å². The number of esters is 3.